The van der Waals surface area contributed by atoms with Crippen LogP contribution in [0.15, 0.2) is 72.4 Å². The molecule has 0 amide bonds. The summed E-state index contributed by atoms with van der Waals surface area (Å²) in [5, 5.41) is 32.6. The van der Waals surface area contributed by atoms with E-state index in [2.05, 4.69) is 115 Å². The lowest BCUT2D eigenvalue weighted by Gasteiger charge is -2.58. The summed E-state index contributed by atoms with van der Waals surface area (Å²) in [6.07, 6.45) is 44.7. The Morgan fingerprint density at radius 1 is 0.731 bits per heavy atom. The maximum Gasteiger partial charge on any atom is 0.305 e. The highest BCUT2D eigenvalue weighted by Crippen LogP contribution is 2.67. The predicted molar refractivity (Wildman–Crippen MR) is 276 cm³/mol. The molecule has 3 saturated carbocycles. The first-order chi connectivity index (χ1) is 32.3. The Hall–Kier alpha value is -2.29. The zero-order chi connectivity index (χ0) is 48.2. The molecule has 0 aromatic rings. The van der Waals surface area contributed by atoms with E-state index in [1.165, 1.54) is 69.8 Å². The number of hydrogen-bond acceptors (Lipinski definition) is 7. The lowest BCUT2D eigenvalue weighted by molar-refractivity contribution is -0.313. The topological polar surface area (TPSA) is 105 Å². The number of carbonyl (C=O) groups excluding carboxylic acids is 1. The molecular formula is C60H98O7. The van der Waals surface area contributed by atoms with Crippen LogP contribution in [0.3, 0.4) is 0 Å². The quantitative estimate of drug-likeness (QED) is 0.0408. The van der Waals surface area contributed by atoms with Crippen molar-refractivity contribution in [2.45, 2.75) is 239 Å². The third-order valence-electron chi connectivity index (χ3n) is 17.8. The van der Waals surface area contributed by atoms with E-state index in [0.717, 1.165) is 119 Å². The highest BCUT2D eigenvalue weighted by Gasteiger charge is 2.59. The molecule has 4 fully saturated rings. The number of rotatable bonds is 28. The van der Waals surface area contributed by atoms with E-state index in [1.807, 2.05) is 0 Å². The van der Waals surface area contributed by atoms with Crippen molar-refractivity contribution >= 4 is 5.97 Å². The average molecular weight is 931 g/mol. The SMILES string of the molecule is CC/C=C\C/C=C\C/C=C\C/C=C\C/C=C\CCCCCCCCCC(=O)OCC1OC(OC2CCC3(C)C(=CCC4C3CCC3(C)C(C(C)CCC(C)C(C)C)CCC43)C2)C(O)C(O)C1O. The summed E-state index contributed by atoms with van der Waals surface area (Å²) in [6, 6.07) is 0. The van der Waals surface area contributed by atoms with Crippen molar-refractivity contribution < 1.29 is 34.3 Å². The number of esters is 1. The standard InChI is InChI=1S/C60H98O7/c1-8-9-10-11-12-13-14-15-16-17-18-19-20-21-22-23-24-25-26-27-28-29-30-31-54(61)65-43-53-55(62)56(63)57(64)58(67-53)66-48-38-40-59(6)47(42-48)34-35-49-51-37-36-50(60(51,7)41-39-52(49)59)46(5)33-32-45(4)44(2)3/h9-10,12-13,15-16,18-19,21-22,34,44-46,48-53,55-58,62-64H,8,11,14,17,20,23-33,35-43H2,1-7H3/b10-9-,13-12-,16-15-,19-18-,22-21-. The Morgan fingerprint density at radius 2 is 1.36 bits per heavy atom. The zero-order valence-electron chi connectivity index (χ0n) is 43.5. The van der Waals surface area contributed by atoms with Crippen molar-refractivity contribution in [3.63, 3.8) is 0 Å². The van der Waals surface area contributed by atoms with E-state index >= 15 is 0 Å². The second kappa shape index (κ2) is 28.5. The van der Waals surface area contributed by atoms with E-state index in [9.17, 15) is 20.1 Å². The van der Waals surface area contributed by atoms with Gasteiger partial charge in [0.15, 0.2) is 6.29 Å². The molecule has 1 saturated heterocycles. The molecule has 0 spiro atoms. The number of aliphatic hydroxyl groups excluding tert-OH is 3. The van der Waals surface area contributed by atoms with Gasteiger partial charge in [-0.2, -0.15) is 0 Å². The summed E-state index contributed by atoms with van der Waals surface area (Å²) in [4.78, 5) is 12.7. The fraction of sp³-hybridized carbons (Fsp3) is 0.783. The third-order valence-corrected chi connectivity index (χ3v) is 17.8. The minimum Gasteiger partial charge on any atom is -0.463 e. The van der Waals surface area contributed by atoms with Crippen LogP contribution in [0.4, 0.5) is 0 Å². The van der Waals surface area contributed by atoms with Crippen LogP contribution in [0, 0.1) is 52.3 Å². The van der Waals surface area contributed by atoms with Gasteiger partial charge in [-0.3, -0.25) is 4.79 Å². The lowest BCUT2D eigenvalue weighted by Crippen LogP contribution is -2.60. The number of allylic oxidation sites excluding steroid dienone is 11. The minimum absolute atomic E-state index is 0.149. The maximum atomic E-state index is 12.7. The largest absolute Gasteiger partial charge is 0.463 e. The fourth-order valence-corrected chi connectivity index (χ4v) is 13.2. The van der Waals surface area contributed by atoms with Gasteiger partial charge < -0.3 is 29.5 Å². The Labute approximate surface area is 409 Å². The first-order valence-electron chi connectivity index (χ1n) is 27.7. The molecule has 0 aromatic carbocycles. The van der Waals surface area contributed by atoms with Crippen molar-refractivity contribution in [1.82, 2.24) is 0 Å². The Bertz CT molecular complexity index is 1620. The van der Waals surface area contributed by atoms with E-state index < -0.39 is 30.7 Å². The van der Waals surface area contributed by atoms with E-state index in [0.29, 0.717) is 17.8 Å². The molecule has 4 aliphatic carbocycles. The first kappa shape index (κ1) is 55.6. The normalized spacial score (nSPS) is 34.3. The average Bonchev–Trinajstić information content (AvgIpc) is 3.68. The monoisotopic (exact) mass is 931 g/mol. The molecule has 14 atom stereocenters. The van der Waals surface area contributed by atoms with Gasteiger partial charge in [0.25, 0.3) is 0 Å². The van der Waals surface area contributed by atoms with Crippen LogP contribution in [0.5, 0.6) is 0 Å². The summed E-state index contributed by atoms with van der Waals surface area (Å²) in [5.41, 5.74) is 2.11. The van der Waals surface area contributed by atoms with Crippen LogP contribution in [-0.2, 0) is 19.0 Å². The number of ether oxygens (including phenoxy) is 3. The van der Waals surface area contributed by atoms with Gasteiger partial charge in [0.05, 0.1) is 6.10 Å². The lowest BCUT2D eigenvalue weighted by atomic mass is 9.47. The highest BCUT2D eigenvalue weighted by molar-refractivity contribution is 5.69. The minimum atomic E-state index is -1.45. The van der Waals surface area contributed by atoms with Gasteiger partial charge in [0.2, 0.25) is 0 Å². The molecule has 14 unspecified atom stereocenters. The summed E-state index contributed by atoms with van der Waals surface area (Å²) in [7, 11) is 0. The highest BCUT2D eigenvalue weighted by atomic mass is 16.7. The Kier molecular flexibility index (Phi) is 23.7. The van der Waals surface area contributed by atoms with Gasteiger partial charge in [0.1, 0.15) is 31.0 Å². The van der Waals surface area contributed by atoms with Crippen molar-refractivity contribution in [3.8, 4) is 0 Å². The van der Waals surface area contributed by atoms with E-state index in [4.69, 9.17) is 14.2 Å². The molecule has 0 aromatic heterocycles. The van der Waals surface area contributed by atoms with Crippen molar-refractivity contribution in [2.24, 2.45) is 52.3 Å². The van der Waals surface area contributed by atoms with Crippen LogP contribution in [0.2, 0.25) is 0 Å². The maximum absolute atomic E-state index is 12.7. The van der Waals surface area contributed by atoms with Crippen LogP contribution in [0.25, 0.3) is 0 Å². The van der Waals surface area contributed by atoms with Gasteiger partial charge in [-0.05, 0) is 155 Å². The number of aliphatic hydroxyl groups is 3. The smallest absolute Gasteiger partial charge is 0.305 e. The van der Waals surface area contributed by atoms with Gasteiger partial charge in [0, 0.05) is 6.42 Å². The molecule has 0 bridgehead atoms. The van der Waals surface area contributed by atoms with Crippen LogP contribution in [0.1, 0.15) is 203 Å². The number of hydrogen-bond donors (Lipinski definition) is 3. The molecule has 1 heterocycles. The second-order valence-electron chi connectivity index (χ2n) is 22.7. The van der Waals surface area contributed by atoms with Gasteiger partial charge in [-0.1, -0.05) is 166 Å². The summed E-state index contributed by atoms with van der Waals surface area (Å²) in [5.74, 6) is 5.11. The van der Waals surface area contributed by atoms with Crippen LogP contribution in [-0.4, -0.2) is 64.7 Å². The molecular weight excluding hydrogens is 833 g/mol. The molecule has 5 rings (SSSR count). The molecule has 1 aliphatic heterocycles. The summed E-state index contributed by atoms with van der Waals surface area (Å²) >= 11 is 0. The number of unbranched alkanes of at least 4 members (excludes halogenated alkanes) is 7. The van der Waals surface area contributed by atoms with E-state index in [-0.39, 0.29) is 24.1 Å². The fourth-order valence-electron chi connectivity index (χ4n) is 13.2. The number of carbonyl (C=O) groups is 1. The molecule has 7 nitrogen and oxygen atoms in total. The Morgan fingerprint density at radius 3 is 2.01 bits per heavy atom. The predicted octanol–water partition coefficient (Wildman–Crippen LogP) is 14.3. The Balaban J connectivity index is 0.937. The van der Waals surface area contributed by atoms with Gasteiger partial charge in [-0.25, -0.2) is 0 Å². The molecule has 5 aliphatic rings. The second-order valence-corrected chi connectivity index (χ2v) is 22.7. The van der Waals surface area contributed by atoms with Crippen molar-refractivity contribution in [2.75, 3.05) is 6.61 Å². The van der Waals surface area contributed by atoms with Gasteiger partial charge >= 0.3 is 5.97 Å². The molecule has 67 heavy (non-hydrogen) atoms. The van der Waals surface area contributed by atoms with Crippen LogP contribution < -0.4 is 0 Å². The molecule has 0 radical (unpaired) electrons. The molecule has 380 valence electrons. The zero-order valence-corrected chi connectivity index (χ0v) is 43.5. The summed E-state index contributed by atoms with van der Waals surface area (Å²) in [6.45, 7) is 16.9. The van der Waals surface area contributed by atoms with E-state index in [1.54, 1.807) is 0 Å². The molecule has 7 heteroatoms. The summed E-state index contributed by atoms with van der Waals surface area (Å²) < 4.78 is 18.1. The van der Waals surface area contributed by atoms with Crippen molar-refractivity contribution in [3.05, 3.63) is 72.4 Å². The first-order valence-corrected chi connectivity index (χ1v) is 27.7. The third kappa shape index (κ3) is 16.1. The molecule has 3 N–H and O–H groups in total. The van der Waals surface area contributed by atoms with Gasteiger partial charge in [-0.15, -0.1) is 0 Å². The van der Waals surface area contributed by atoms with Crippen LogP contribution >= 0.6 is 0 Å². The van der Waals surface area contributed by atoms with Crippen molar-refractivity contribution in [1.29, 1.82) is 0 Å². The number of fused-ring (bicyclic) bond motifs is 5.